The van der Waals surface area contributed by atoms with Crippen LogP contribution in [0, 0.1) is 0 Å². The number of rotatable bonds is 9. The van der Waals surface area contributed by atoms with Crippen LogP contribution in [-0.4, -0.2) is 49.6 Å². The predicted molar refractivity (Wildman–Crippen MR) is 133 cm³/mol. The second kappa shape index (κ2) is 10.3. The Bertz CT molecular complexity index is 1360. The van der Waals surface area contributed by atoms with E-state index in [1.54, 1.807) is 6.07 Å². The number of hydrogen-bond acceptors (Lipinski definition) is 6. The summed E-state index contributed by atoms with van der Waals surface area (Å²) in [5.74, 6) is 0.543. The van der Waals surface area contributed by atoms with Crippen LogP contribution >= 0.6 is 12.4 Å². The van der Waals surface area contributed by atoms with Crippen LogP contribution in [0.5, 0.6) is 11.5 Å². The fraction of sp³-hybridized carbons (Fsp3) is 0.217. The van der Waals surface area contributed by atoms with Gasteiger partial charge < -0.3 is 25.3 Å². The number of nitrogens with one attached hydrogen (secondary N) is 3. The monoisotopic (exact) mass is 491 g/mol. The first kappa shape index (κ1) is 24.7. The van der Waals surface area contributed by atoms with Gasteiger partial charge >= 0.3 is 0 Å². The Labute approximate surface area is 198 Å². The molecule has 3 aromatic carbocycles. The van der Waals surface area contributed by atoms with Crippen LogP contribution in [0.2, 0.25) is 0 Å². The Hall–Kier alpha value is -2.98. The Balaban J connectivity index is 0.00000306. The van der Waals surface area contributed by atoms with Crippen molar-refractivity contribution in [3.8, 4) is 11.5 Å². The Morgan fingerprint density at radius 1 is 1.03 bits per heavy atom. The summed E-state index contributed by atoms with van der Waals surface area (Å²) in [6.45, 7) is 1.16. The molecular weight excluding hydrogens is 466 g/mol. The molecule has 0 fully saturated rings. The third-order valence-electron chi connectivity index (χ3n) is 5.06. The minimum Gasteiger partial charge on any atom is -0.506 e. The summed E-state index contributed by atoms with van der Waals surface area (Å²) < 4.78 is 30.8. The molecule has 1 aromatic heterocycles. The number of ether oxygens (including phenoxy) is 1. The number of aromatic hydroxyl groups is 1. The molecule has 0 saturated heterocycles. The summed E-state index contributed by atoms with van der Waals surface area (Å²) in [6.07, 6.45) is 0.117. The molecule has 0 aliphatic heterocycles. The van der Waals surface area contributed by atoms with Crippen LogP contribution in [-0.2, 0) is 10.0 Å². The van der Waals surface area contributed by atoms with E-state index in [2.05, 4.69) is 21.1 Å². The van der Waals surface area contributed by atoms with Crippen LogP contribution in [0.15, 0.2) is 60.7 Å². The zero-order valence-corrected chi connectivity index (χ0v) is 19.5. The number of phenolic OH excluding ortho intramolecular Hbond substituents is 1. The lowest BCUT2D eigenvalue weighted by molar-refractivity contribution is 0.172. The van der Waals surface area contributed by atoms with Gasteiger partial charge in [-0.05, 0) is 35.9 Å². The number of anilines is 1. The van der Waals surface area contributed by atoms with E-state index in [1.807, 2.05) is 36.4 Å². The van der Waals surface area contributed by atoms with Gasteiger partial charge in [0.15, 0.2) is 0 Å². The maximum Gasteiger partial charge on any atom is 0.229 e. The number of sulfonamides is 1. The number of phenols is 1. The molecule has 0 radical (unpaired) electrons. The second-order valence-electron chi connectivity index (χ2n) is 7.60. The minimum absolute atomic E-state index is 0. The van der Waals surface area contributed by atoms with E-state index in [9.17, 15) is 18.6 Å². The fourth-order valence-corrected chi connectivity index (χ4v) is 4.13. The van der Waals surface area contributed by atoms with Crippen LogP contribution in [0.25, 0.3) is 21.8 Å². The number of aliphatic hydroxyl groups excluding tert-OH is 1. The number of halogens is 1. The van der Waals surface area contributed by atoms with Gasteiger partial charge in [-0.3, -0.25) is 4.72 Å². The quantitative estimate of drug-likeness (QED) is 0.180. The highest BCUT2D eigenvalue weighted by atomic mass is 35.5. The van der Waals surface area contributed by atoms with Gasteiger partial charge in [0.05, 0.1) is 23.6 Å². The van der Waals surface area contributed by atoms with Crippen molar-refractivity contribution in [1.29, 1.82) is 0 Å². The van der Waals surface area contributed by atoms with Crippen molar-refractivity contribution in [2.75, 3.05) is 30.7 Å². The van der Waals surface area contributed by atoms with E-state index >= 15 is 0 Å². The Morgan fingerprint density at radius 2 is 1.79 bits per heavy atom. The van der Waals surface area contributed by atoms with Crippen molar-refractivity contribution in [3.05, 3.63) is 66.2 Å². The van der Waals surface area contributed by atoms with Crippen molar-refractivity contribution in [2.24, 2.45) is 0 Å². The molecule has 0 saturated carbocycles. The van der Waals surface area contributed by atoms with Crippen molar-refractivity contribution in [1.82, 2.24) is 10.3 Å². The van der Waals surface area contributed by atoms with E-state index in [-0.39, 0.29) is 30.4 Å². The van der Waals surface area contributed by atoms with E-state index in [0.717, 1.165) is 28.4 Å². The van der Waals surface area contributed by atoms with Crippen LogP contribution < -0.4 is 14.8 Å². The molecule has 0 aliphatic carbocycles. The normalized spacial score (nSPS) is 12.4. The molecule has 0 unspecified atom stereocenters. The maximum absolute atomic E-state index is 11.4. The van der Waals surface area contributed by atoms with Crippen LogP contribution in [0.4, 0.5) is 5.69 Å². The molecule has 5 N–H and O–H groups in total. The van der Waals surface area contributed by atoms with Crippen molar-refractivity contribution in [3.63, 3.8) is 0 Å². The Morgan fingerprint density at radius 3 is 2.58 bits per heavy atom. The molecular formula is C23H26ClN3O5S. The van der Waals surface area contributed by atoms with Crippen LogP contribution in [0.1, 0.15) is 11.7 Å². The lowest BCUT2D eigenvalue weighted by Gasteiger charge is -2.15. The lowest BCUT2D eigenvalue weighted by atomic mass is 10.1. The number of H-pyrrole nitrogens is 1. The van der Waals surface area contributed by atoms with Gasteiger partial charge in [0, 0.05) is 35.4 Å². The number of benzene rings is 3. The summed E-state index contributed by atoms with van der Waals surface area (Å²) in [4.78, 5) is 3.39. The maximum atomic E-state index is 11.4. The number of fused-ring (bicyclic) bond motifs is 3. The minimum atomic E-state index is -3.54. The molecule has 0 aliphatic rings. The van der Waals surface area contributed by atoms with Gasteiger partial charge in [-0.2, -0.15) is 0 Å². The van der Waals surface area contributed by atoms with E-state index in [0.29, 0.717) is 18.7 Å². The molecule has 176 valence electrons. The first-order valence-electron chi connectivity index (χ1n) is 10.1. The number of aromatic nitrogens is 1. The van der Waals surface area contributed by atoms with Crippen molar-refractivity contribution < 1.29 is 23.4 Å². The van der Waals surface area contributed by atoms with E-state index in [1.165, 1.54) is 17.5 Å². The largest absolute Gasteiger partial charge is 0.506 e. The SMILES string of the molecule is CS(=O)(=O)Nc1cc([C@@H](O)CNCCOc2ccc3c(c2)[nH]c2ccccc23)ccc1O.Cl. The first-order valence-corrected chi connectivity index (χ1v) is 12.0. The number of aliphatic hydroxyl groups is 1. The summed E-state index contributed by atoms with van der Waals surface area (Å²) in [7, 11) is -3.54. The molecule has 4 rings (SSSR count). The summed E-state index contributed by atoms with van der Waals surface area (Å²) >= 11 is 0. The summed E-state index contributed by atoms with van der Waals surface area (Å²) in [5, 5.41) is 25.6. The van der Waals surface area contributed by atoms with Crippen LogP contribution in [0.3, 0.4) is 0 Å². The smallest absolute Gasteiger partial charge is 0.229 e. The second-order valence-corrected chi connectivity index (χ2v) is 9.35. The van der Waals surface area contributed by atoms with Gasteiger partial charge in [0.2, 0.25) is 10.0 Å². The highest BCUT2D eigenvalue weighted by Crippen LogP contribution is 2.29. The molecule has 33 heavy (non-hydrogen) atoms. The van der Waals surface area contributed by atoms with Gasteiger partial charge in [-0.15, -0.1) is 12.4 Å². The zero-order valence-electron chi connectivity index (χ0n) is 17.9. The predicted octanol–water partition coefficient (Wildman–Crippen LogP) is 3.52. The van der Waals surface area contributed by atoms with Gasteiger partial charge in [0.1, 0.15) is 18.1 Å². The van der Waals surface area contributed by atoms with Gasteiger partial charge in [-0.1, -0.05) is 24.3 Å². The third-order valence-corrected chi connectivity index (χ3v) is 5.65. The number of hydrogen-bond donors (Lipinski definition) is 5. The standard InChI is InChI=1S/C23H25N3O5S.ClH/c1-32(29,30)26-21-12-15(6-9-22(21)27)23(28)14-24-10-11-31-16-7-8-18-17-4-2-3-5-19(17)25-20(18)13-16;/h2-9,12-13,23-28H,10-11,14H2,1H3;1H/t23-;/m0./s1. The third kappa shape index (κ3) is 6.08. The average Bonchev–Trinajstić information content (AvgIpc) is 3.11. The van der Waals surface area contributed by atoms with Gasteiger partial charge in [-0.25, -0.2) is 8.42 Å². The number of aromatic amines is 1. The lowest BCUT2D eigenvalue weighted by Crippen LogP contribution is -2.26. The first-order chi connectivity index (χ1) is 15.3. The molecule has 0 bridgehead atoms. The highest BCUT2D eigenvalue weighted by molar-refractivity contribution is 7.92. The van der Waals surface area contributed by atoms with Gasteiger partial charge in [0.25, 0.3) is 0 Å². The fourth-order valence-electron chi connectivity index (χ4n) is 3.56. The summed E-state index contributed by atoms with van der Waals surface area (Å²) in [5.41, 5.74) is 2.60. The van der Waals surface area contributed by atoms with E-state index < -0.39 is 16.1 Å². The zero-order chi connectivity index (χ0) is 22.7. The molecule has 4 aromatic rings. The topological polar surface area (TPSA) is 124 Å². The molecule has 1 heterocycles. The van der Waals surface area contributed by atoms with Crippen molar-refractivity contribution >= 4 is 49.9 Å². The number of para-hydroxylation sites is 1. The molecule has 0 amide bonds. The molecule has 0 spiro atoms. The summed E-state index contributed by atoms with van der Waals surface area (Å²) in [6, 6.07) is 18.4. The Kier molecular flexibility index (Phi) is 7.70. The molecule has 1 atom stereocenters. The molecule has 10 heteroatoms. The van der Waals surface area contributed by atoms with Crippen molar-refractivity contribution in [2.45, 2.75) is 6.10 Å². The molecule has 8 nitrogen and oxygen atoms in total. The van der Waals surface area contributed by atoms with E-state index in [4.69, 9.17) is 4.74 Å². The average molecular weight is 492 g/mol. The highest BCUT2D eigenvalue weighted by Gasteiger charge is 2.13.